The molecular formula is C32H38FN5O4. The van der Waals surface area contributed by atoms with Crippen LogP contribution in [0.3, 0.4) is 0 Å². The summed E-state index contributed by atoms with van der Waals surface area (Å²) in [5.74, 6) is -0.445. The molecule has 0 aliphatic carbocycles. The first-order valence-electron chi connectivity index (χ1n) is 13.9. The monoisotopic (exact) mass is 575 g/mol. The van der Waals surface area contributed by atoms with Gasteiger partial charge in [-0.2, -0.15) is 0 Å². The number of halogens is 1. The summed E-state index contributed by atoms with van der Waals surface area (Å²) >= 11 is 0. The summed E-state index contributed by atoms with van der Waals surface area (Å²) in [4.78, 5) is 44.3. The number of amides is 4. The minimum atomic E-state index is -0.374. The molecule has 0 bridgehead atoms. The molecule has 1 fully saturated rings. The van der Waals surface area contributed by atoms with Gasteiger partial charge in [-0.25, -0.2) is 9.18 Å². The maximum Gasteiger partial charge on any atom is 0.317 e. The number of carbonyl (C=O) groups is 3. The van der Waals surface area contributed by atoms with Gasteiger partial charge in [-0.3, -0.25) is 9.59 Å². The SMILES string of the molecule is COc1ccc(C(=O)N(CC(=O)Nc2ccc(N3CCN(C(=O)NC(C)(C)C)CC3)cc2)Cc2ccc(F)cc2)cc1. The minimum Gasteiger partial charge on any atom is -0.497 e. The summed E-state index contributed by atoms with van der Waals surface area (Å²) in [6.45, 7) is 8.47. The van der Waals surface area contributed by atoms with Gasteiger partial charge < -0.3 is 30.1 Å². The van der Waals surface area contributed by atoms with Crippen molar-refractivity contribution < 1.29 is 23.5 Å². The molecule has 2 N–H and O–H groups in total. The molecule has 0 saturated carbocycles. The second-order valence-corrected chi connectivity index (χ2v) is 11.3. The highest BCUT2D eigenvalue weighted by molar-refractivity contribution is 5.99. The van der Waals surface area contributed by atoms with Crippen molar-refractivity contribution in [1.82, 2.24) is 15.1 Å². The lowest BCUT2D eigenvalue weighted by molar-refractivity contribution is -0.117. The standard InChI is InChI=1S/C32H38FN5O4/c1-32(2,3)35-31(41)37-19-17-36(18-20-37)27-13-11-26(12-14-27)34-29(39)22-38(21-23-5-9-25(33)10-6-23)30(40)24-7-15-28(42-4)16-8-24/h5-16H,17-22H2,1-4H3,(H,34,39)(H,35,41). The first kappa shape index (κ1) is 30.4. The van der Waals surface area contributed by atoms with Crippen molar-refractivity contribution in [2.24, 2.45) is 0 Å². The van der Waals surface area contributed by atoms with Crippen LogP contribution in [0.15, 0.2) is 72.8 Å². The van der Waals surface area contributed by atoms with Crippen molar-refractivity contribution in [3.05, 3.63) is 89.7 Å². The highest BCUT2D eigenvalue weighted by atomic mass is 19.1. The van der Waals surface area contributed by atoms with Crippen molar-refractivity contribution in [3.8, 4) is 5.75 Å². The van der Waals surface area contributed by atoms with Crippen molar-refractivity contribution in [3.63, 3.8) is 0 Å². The van der Waals surface area contributed by atoms with Crippen LogP contribution in [0, 0.1) is 5.82 Å². The lowest BCUT2D eigenvalue weighted by Crippen LogP contribution is -2.55. The molecule has 222 valence electrons. The highest BCUT2D eigenvalue weighted by Crippen LogP contribution is 2.21. The zero-order chi connectivity index (χ0) is 30.3. The van der Waals surface area contributed by atoms with Gasteiger partial charge in [-0.15, -0.1) is 0 Å². The van der Waals surface area contributed by atoms with E-state index in [4.69, 9.17) is 4.74 Å². The maximum absolute atomic E-state index is 13.4. The number of rotatable bonds is 8. The molecule has 1 saturated heterocycles. The van der Waals surface area contributed by atoms with E-state index >= 15 is 0 Å². The number of anilines is 2. The lowest BCUT2D eigenvalue weighted by Gasteiger charge is -2.37. The van der Waals surface area contributed by atoms with Crippen molar-refractivity contribution >= 4 is 29.2 Å². The number of benzene rings is 3. The van der Waals surface area contributed by atoms with Gasteiger partial charge in [-0.05, 0) is 87.0 Å². The molecule has 10 heteroatoms. The number of methoxy groups -OCH3 is 1. The maximum atomic E-state index is 13.4. The zero-order valence-electron chi connectivity index (χ0n) is 24.5. The minimum absolute atomic E-state index is 0.0563. The third-order valence-electron chi connectivity index (χ3n) is 6.81. The fraction of sp³-hybridized carbons (Fsp3) is 0.344. The van der Waals surface area contributed by atoms with E-state index in [9.17, 15) is 18.8 Å². The van der Waals surface area contributed by atoms with Gasteiger partial charge in [0.1, 0.15) is 18.1 Å². The lowest BCUT2D eigenvalue weighted by atomic mass is 10.1. The average Bonchev–Trinajstić information content (AvgIpc) is 2.97. The molecule has 3 aromatic carbocycles. The van der Waals surface area contributed by atoms with Crippen LogP contribution in [0.5, 0.6) is 5.75 Å². The van der Waals surface area contributed by atoms with Gasteiger partial charge in [-0.1, -0.05) is 12.1 Å². The quantitative estimate of drug-likeness (QED) is 0.405. The van der Waals surface area contributed by atoms with Gasteiger partial charge in [0, 0.05) is 55.2 Å². The third-order valence-corrected chi connectivity index (χ3v) is 6.81. The molecule has 4 amide bonds. The van der Waals surface area contributed by atoms with E-state index in [-0.39, 0.29) is 42.3 Å². The molecule has 4 rings (SSSR count). The number of ether oxygens (including phenoxy) is 1. The van der Waals surface area contributed by atoms with E-state index in [0.29, 0.717) is 48.7 Å². The summed E-state index contributed by atoms with van der Waals surface area (Å²) in [6.07, 6.45) is 0. The van der Waals surface area contributed by atoms with E-state index in [1.165, 1.54) is 17.0 Å². The Hall–Kier alpha value is -4.60. The molecule has 1 heterocycles. The van der Waals surface area contributed by atoms with Gasteiger partial charge in [0.2, 0.25) is 5.91 Å². The van der Waals surface area contributed by atoms with Crippen LogP contribution < -0.4 is 20.3 Å². The Morgan fingerprint density at radius 3 is 2.07 bits per heavy atom. The largest absolute Gasteiger partial charge is 0.497 e. The Balaban J connectivity index is 1.37. The van der Waals surface area contributed by atoms with Crippen molar-refractivity contribution in [1.29, 1.82) is 0 Å². The van der Waals surface area contributed by atoms with Gasteiger partial charge in [0.15, 0.2) is 0 Å². The van der Waals surface area contributed by atoms with Crippen LogP contribution in [0.2, 0.25) is 0 Å². The van der Waals surface area contributed by atoms with Gasteiger partial charge in [0.25, 0.3) is 5.91 Å². The van der Waals surface area contributed by atoms with Gasteiger partial charge >= 0.3 is 6.03 Å². The fourth-order valence-electron chi connectivity index (χ4n) is 4.62. The molecular weight excluding hydrogens is 537 g/mol. The Labute approximate surface area is 246 Å². The summed E-state index contributed by atoms with van der Waals surface area (Å²) in [6, 6.07) is 19.9. The predicted molar refractivity (Wildman–Crippen MR) is 161 cm³/mol. The number of nitrogens with one attached hydrogen (secondary N) is 2. The van der Waals surface area contributed by atoms with Gasteiger partial charge in [0.05, 0.1) is 7.11 Å². The molecule has 42 heavy (non-hydrogen) atoms. The summed E-state index contributed by atoms with van der Waals surface area (Å²) in [5.41, 5.74) is 2.43. The molecule has 1 aliphatic rings. The second kappa shape index (κ2) is 13.4. The highest BCUT2D eigenvalue weighted by Gasteiger charge is 2.24. The Morgan fingerprint density at radius 2 is 1.50 bits per heavy atom. The van der Waals surface area contributed by atoms with Crippen LogP contribution in [0.4, 0.5) is 20.6 Å². The smallest absolute Gasteiger partial charge is 0.317 e. The first-order chi connectivity index (χ1) is 20.0. The van der Waals surface area contributed by atoms with E-state index in [1.54, 1.807) is 43.5 Å². The molecule has 0 unspecified atom stereocenters. The number of urea groups is 1. The first-order valence-corrected chi connectivity index (χ1v) is 13.9. The topological polar surface area (TPSA) is 94.2 Å². The Morgan fingerprint density at radius 1 is 0.881 bits per heavy atom. The molecule has 0 aromatic heterocycles. The number of hydrogen-bond donors (Lipinski definition) is 2. The summed E-state index contributed by atoms with van der Waals surface area (Å²) < 4.78 is 18.6. The van der Waals surface area contributed by atoms with E-state index in [1.807, 2.05) is 49.9 Å². The molecule has 0 spiro atoms. The Bertz CT molecular complexity index is 1360. The number of piperazine rings is 1. The van der Waals surface area contributed by atoms with Crippen LogP contribution in [-0.4, -0.2) is 73.0 Å². The second-order valence-electron chi connectivity index (χ2n) is 11.3. The molecule has 3 aromatic rings. The normalized spacial score (nSPS) is 13.4. The number of carbonyl (C=O) groups excluding carboxylic acids is 3. The fourth-order valence-corrected chi connectivity index (χ4v) is 4.62. The number of nitrogens with zero attached hydrogens (tertiary/aromatic N) is 3. The van der Waals surface area contributed by atoms with Crippen molar-refractivity contribution in [2.75, 3.05) is 50.1 Å². The Kier molecular flexibility index (Phi) is 9.67. The van der Waals surface area contributed by atoms with Crippen LogP contribution in [-0.2, 0) is 11.3 Å². The van der Waals surface area contributed by atoms with E-state index in [2.05, 4.69) is 15.5 Å². The zero-order valence-corrected chi connectivity index (χ0v) is 24.5. The number of hydrogen-bond acceptors (Lipinski definition) is 5. The third kappa shape index (κ3) is 8.45. The van der Waals surface area contributed by atoms with E-state index in [0.717, 1.165) is 5.69 Å². The molecule has 9 nitrogen and oxygen atoms in total. The summed E-state index contributed by atoms with van der Waals surface area (Å²) in [5, 5.41) is 5.88. The molecule has 0 atom stereocenters. The predicted octanol–water partition coefficient (Wildman–Crippen LogP) is 4.75. The summed E-state index contributed by atoms with van der Waals surface area (Å²) in [7, 11) is 1.55. The van der Waals surface area contributed by atoms with Crippen molar-refractivity contribution in [2.45, 2.75) is 32.9 Å². The average molecular weight is 576 g/mol. The van der Waals surface area contributed by atoms with Crippen LogP contribution >= 0.6 is 0 Å². The molecule has 0 radical (unpaired) electrons. The van der Waals surface area contributed by atoms with Crippen LogP contribution in [0.25, 0.3) is 0 Å². The van der Waals surface area contributed by atoms with Crippen LogP contribution in [0.1, 0.15) is 36.7 Å². The molecule has 1 aliphatic heterocycles. The van der Waals surface area contributed by atoms with E-state index < -0.39 is 0 Å².